The van der Waals surface area contributed by atoms with Crippen molar-refractivity contribution < 1.29 is 4.79 Å². The summed E-state index contributed by atoms with van der Waals surface area (Å²) < 4.78 is 0. The van der Waals surface area contributed by atoms with Crippen molar-refractivity contribution in [3.05, 3.63) is 24.3 Å². The third-order valence-corrected chi connectivity index (χ3v) is 1.60. The first-order valence-corrected chi connectivity index (χ1v) is 4.48. The lowest BCUT2D eigenvalue weighted by Gasteiger charge is -2.02. The monoisotopic (exact) mass is 217 g/mol. The van der Waals surface area contributed by atoms with Gasteiger partial charge in [0, 0.05) is 12.6 Å². The lowest BCUT2D eigenvalue weighted by molar-refractivity contribution is -0.114. The summed E-state index contributed by atoms with van der Waals surface area (Å²) in [6, 6.07) is 6.81. The van der Waals surface area contributed by atoms with Crippen molar-refractivity contribution in [2.75, 3.05) is 5.32 Å². The second kappa shape index (κ2) is 5.36. The quantitative estimate of drug-likeness (QED) is 0.293. The maximum Gasteiger partial charge on any atom is 0.221 e. The summed E-state index contributed by atoms with van der Waals surface area (Å²) in [5, 5.41) is 13.1. The number of amides is 1. The first-order valence-electron chi connectivity index (χ1n) is 4.48. The first-order chi connectivity index (χ1) is 7.61. The fraction of sp³-hybridized carbons (Fsp3) is 0.100. The molecule has 6 heteroatoms. The Balaban J connectivity index is 2.87. The van der Waals surface area contributed by atoms with Gasteiger partial charge in [0.1, 0.15) is 0 Å². The zero-order chi connectivity index (χ0) is 12.0. The lowest BCUT2D eigenvalue weighted by Crippen LogP contribution is -2.26. The molecule has 0 saturated carbocycles. The number of hydrogen-bond donors (Lipinski definition) is 3. The van der Waals surface area contributed by atoms with Crippen molar-refractivity contribution in [3.8, 4) is 6.19 Å². The summed E-state index contributed by atoms with van der Waals surface area (Å²) in [5.74, 6) is -0.160. The molecule has 0 spiro atoms. The molecule has 0 bridgehead atoms. The third kappa shape index (κ3) is 3.67. The van der Waals surface area contributed by atoms with E-state index in [0.717, 1.165) is 0 Å². The first kappa shape index (κ1) is 11.5. The molecule has 0 unspecified atom stereocenters. The summed E-state index contributed by atoms with van der Waals surface area (Å²) in [6.07, 6.45) is 1.66. The van der Waals surface area contributed by atoms with Crippen LogP contribution >= 0.6 is 0 Å². The number of carbonyl (C=O) groups is 1. The SMILES string of the molecule is CC(=O)Nc1cccc(N=C(N)NC#N)c1. The van der Waals surface area contributed by atoms with Crippen molar-refractivity contribution >= 4 is 23.2 Å². The molecule has 1 aromatic carbocycles. The minimum Gasteiger partial charge on any atom is -0.369 e. The largest absolute Gasteiger partial charge is 0.369 e. The van der Waals surface area contributed by atoms with Crippen LogP contribution in [0.2, 0.25) is 0 Å². The Kier molecular flexibility index (Phi) is 3.86. The smallest absolute Gasteiger partial charge is 0.221 e. The van der Waals surface area contributed by atoms with E-state index in [1.165, 1.54) is 6.92 Å². The van der Waals surface area contributed by atoms with Gasteiger partial charge in [0.25, 0.3) is 0 Å². The topological polar surface area (TPSA) is 103 Å². The summed E-state index contributed by atoms with van der Waals surface area (Å²) in [5.41, 5.74) is 6.57. The Morgan fingerprint density at radius 2 is 2.31 bits per heavy atom. The van der Waals surface area contributed by atoms with Crippen LogP contribution in [0.25, 0.3) is 0 Å². The predicted octanol–water partition coefficient (Wildman–Crippen LogP) is 0.662. The zero-order valence-corrected chi connectivity index (χ0v) is 8.69. The molecule has 0 saturated heterocycles. The number of nitrogens with zero attached hydrogens (tertiary/aromatic N) is 2. The summed E-state index contributed by atoms with van der Waals surface area (Å²) in [7, 11) is 0. The molecule has 0 aromatic heterocycles. The van der Waals surface area contributed by atoms with E-state index in [9.17, 15) is 4.79 Å². The van der Waals surface area contributed by atoms with Crippen LogP contribution in [0.15, 0.2) is 29.3 Å². The second-order valence-corrected chi connectivity index (χ2v) is 2.97. The van der Waals surface area contributed by atoms with Gasteiger partial charge in [0.2, 0.25) is 11.9 Å². The van der Waals surface area contributed by atoms with E-state index in [0.29, 0.717) is 11.4 Å². The molecule has 0 fully saturated rings. The fourth-order valence-corrected chi connectivity index (χ4v) is 1.08. The highest BCUT2D eigenvalue weighted by Crippen LogP contribution is 2.17. The van der Waals surface area contributed by atoms with Crippen LogP contribution in [-0.4, -0.2) is 11.9 Å². The minimum atomic E-state index is -0.163. The van der Waals surface area contributed by atoms with Gasteiger partial charge >= 0.3 is 0 Å². The van der Waals surface area contributed by atoms with Crippen LogP contribution in [-0.2, 0) is 4.79 Å². The van der Waals surface area contributed by atoms with E-state index in [-0.39, 0.29) is 11.9 Å². The zero-order valence-electron chi connectivity index (χ0n) is 8.69. The van der Waals surface area contributed by atoms with E-state index in [1.807, 2.05) is 0 Å². The van der Waals surface area contributed by atoms with Gasteiger partial charge in [-0.2, -0.15) is 5.26 Å². The van der Waals surface area contributed by atoms with Gasteiger partial charge < -0.3 is 11.1 Å². The molecule has 0 heterocycles. The van der Waals surface area contributed by atoms with Crippen molar-refractivity contribution in [1.29, 1.82) is 5.26 Å². The fourth-order valence-electron chi connectivity index (χ4n) is 1.08. The van der Waals surface area contributed by atoms with Crippen LogP contribution in [0.1, 0.15) is 6.92 Å². The second-order valence-electron chi connectivity index (χ2n) is 2.97. The van der Waals surface area contributed by atoms with Crippen molar-refractivity contribution in [2.45, 2.75) is 6.92 Å². The third-order valence-electron chi connectivity index (χ3n) is 1.60. The number of benzene rings is 1. The number of hydrogen-bond acceptors (Lipinski definition) is 3. The Labute approximate surface area is 92.8 Å². The molecular weight excluding hydrogens is 206 g/mol. The highest BCUT2D eigenvalue weighted by atomic mass is 16.1. The van der Waals surface area contributed by atoms with Gasteiger partial charge in [0.05, 0.1) is 5.69 Å². The molecule has 1 aromatic rings. The highest BCUT2D eigenvalue weighted by molar-refractivity contribution is 5.89. The minimum absolute atomic E-state index is 0.00229. The van der Waals surface area contributed by atoms with Gasteiger partial charge in [-0.05, 0) is 18.2 Å². The van der Waals surface area contributed by atoms with Crippen LogP contribution in [0.4, 0.5) is 11.4 Å². The number of guanidine groups is 1. The standard InChI is InChI=1S/C10H11N5O/c1-7(16)14-8-3-2-4-9(5-8)15-10(12)13-6-11/h2-5H,1H3,(H,14,16)(H3,12,13,15). The Hall–Kier alpha value is -2.55. The predicted molar refractivity (Wildman–Crippen MR) is 60.8 cm³/mol. The number of rotatable bonds is 2. The Morgan fingerprint density at radius 3 is 2.94 bits per heavy atom. The van der Waals surface area contributed by atoms with Crippen LogP contribution < -0.4 is 16.4 Å². The van der Waals surface area contributed by atoms with Gasteiger partial charge in [-0.25, -0.2) is 4.99 Å². The molecule has 0 aliphatic rings. The molecule has 16 heavy (non-hydrogen) atoms. The van der Waals surface area contributed by atoms with Crippen LogP contribution in [0, 0.1) is 11.5 Å². The maximum atomic E-state index is 10.8. The van der Waals surface area contributed by atoms with Crippen molar-refractivity contribution in [1.82, 2.24) is 5.32 Å². The normalized spacial score (nSPS) is 10.4. The molecule has 82 valence electrons. The molecule has 0 atom stereocenters. The molecule has 6 nitrogen and oxygen atoms in total. The number of nitriles is 1. The average molecular weight is 217 g/mol. The maximum absolute atomic E-state index is 10.8. The van der Waals surface area contributed by atoms with E-state index < -0.39 is 0 Å². The number of carbonyl (C=O) groups excluding carboxylic acids is 1. The molecular formula is C10H11N5O. The van der Waals surface area contributed by atoms with Gasteiger partial charge in [-0.3, -0.25) is 10.1 Å². The molecule has 1 amide bonds. The lowest BCUT2D eigenvalue weighted by atomic mass is 10.3. The average Bonchev–Trinajstić information content (AvgIpc) is 2.17. The molecule has 1 rings (SSSR count). The van der Waals surface area contributed by atoms with Crippen molar-refractivity contribution in [3.63, 3.8) is 0 Å². The molecule has 4 N–H and O–H groups in total. The van der Waals surface area contributed by atoms with Crippen LogP contribution in [0.5, 0.6) is 0 Å². The summed E-state index contributed by atoms with van der Waals surface area (Å²) in [4.78, 5) is 14.7. The number of aliphatic imine (C=N–C) groups is 1. The molecule has 0 radical (unpaired) electrons. The Bertz CT molecular complexity index is 461. The van der Waals surface area contributed by atoms with Crippen LogP contribution in [0.3, 0.4) is 0 Å². The van der Waals surface area contributed by atoms with E-state index in [1.54, 1.807) is 30.5 Å². The summed E-state index contributed by atoms with van der Waals surface area (Å²) >= 11 is 0. The number of nitrogens with one attached hydrogen (secondary N) is 2. The van der Waals surface area contributed by atoms with E-state index >= 15 is 0 Å². The van der Waals surface area contributed by atoms with Gasteiger partial charge in [-0.15, -0.1) is 0 Å². The molecule has 0 aliphatic carbocycles. The van der Waals surface area contributed by atoms with E-state index in [4.69, 9.17) is 11.0 Å². The van der Waals surface area contributed by atoms with Gasteiger partial charge in [0.15, 0.2) is 6.19 Å². The molecule has 0 aliphatic heterocycles. The Morgan fingerprint density at radius 1 is 1.56 bits per heavy atom. The van der Waals surface area contributed by atoms with Gasteiger partial charge in [-0.1, -0.05) is 6.07 Å². The number of nitrogens with two attached hydrogens (primary N) is 1. The number of anilines is 1. The van der Waals surface area contributed by atoms with E-state index in [2.05, 4.69) is 15.6 Å². The van der Waals surface area contributed by atoms with Crippen molar-refractivity contribution in [2.24, 2.45) is 10.7 Å². The highest BCUT2D eigenvalue weighted by Gasteiger charge is 1.97. The summed E-state index contributed by atoms with van der Waals surface area (Å²) in [6.45, 7) is 1.42.